The van der Waals surface area contributed by atoms with Crippen molar-refractivity contribution in [3.63, 3.8) is 0 Å². The summed E-state index contributed by atoms with van der Waals surface area (Å²) in [6.45, 7) is 8.34. The van der Waals surface area contributed by atoms with Crippen LogP contribution in [0.2, 0.25) is 0 Å². The topological polar surface area (TPSA) is 45.5 Å². The molecular formula is C21H24N2O2. The van der Waals surface area contributed by atoms with Gasteiger partial charge in [-0.1, -0.05) is 30.3 Å². The summed E-state index contributed by atoms with van der Waals surface area (Å²) < 4.78 is 5.72. The van der Waals surface area contributed by atoms with E-state index in [0.29, 0.717) is 12.3 Å². The standard InChI is InChI=1S/C21H24N2O2/c1-4-23(17-9-7-8-15(2)14-17)13-12-22-21(24)20-16(3)18-10-5-6-11-19(18)25-20/h5-11,14H,4,12-13H2,1-3H3,(H,22,24). The van der Waals surface area contributed by atoms with Crippen molar-refractivity contribution in [2.24, 2.45) is 0 Å². The van der Waals surface area contributed by atoms with Crippen molar-refractivity contribution in [3.8, 4) is 0 Å². The van der Waals surface area contributed by atoms with Gasteiger partial charge in [0, 0.05) is 36.3 Å². The molecule has 0 atom stereocenters. The van der Waals surface area contributed by atoms with Gasteiger partial charge in [0.1, 0.15) is 5.58 Å². The van der Waals surface area contributed by atoms with Gasteiger partial charge in [0.2, 0.25) is 0 Å². The number of amides is 1. The van der Waals surface area contributed by atoms with Crippen molar-refractivity contribution in [2.75, 3.05) is 24.5 Å². The molecule has 4 heteroatoms. The zero-order valence-electron chi connectivity index (χ0n) is 15.0. The molecule has 1 N–H and O–H groups in total. The van der Waals surface area contributed by atoms with Crippen LogP contribution in [0.25, 0.3) is 11.0 Å². The largest absolute Gasteiger partial charge is 0.451 e. The van der Waals surface area contributed by atoms with Gasteiger partial charge in [-0.05, 0) is 44.5 Å². The maximum Gasteiger partial charge on any atom is 0.287 e. The Hall–Kier alpha value is -2.75. The van der Waals surface area contributed by atoms with Crippen LogP contribution in [0.15, 0.2) is 52.9 Å². The molecule has 0 aliphatic rings. The predicted molar refractivity (Wildman–Crippen MR) is 102 cm³/mol. The van der Waals surface area contributed by atoms with Crippen molar-refractivity contribution in [1.82, 2.24) is 5.32 Å². The van der Waals surface area contributed by atoms with Crippen LogP contribution in [0, 0.1) is 13.8 Å². The summed E-state index contributed by atoms with van der Waals surface area (Å²) in [5.74, 6) is 0.244. The van der Waals surface area contributed by atoms with Crippen molar-refractivity contribution in [3.05, 3.63) is 65.4 Å². The number of likely N-dealkylation sites (N-methyl/N-ethyl adjacent to an activating group) is 1. The van der Waals surface area contributed by atoms with E-state index in [4.69, 9.17) is 4.42 Å². The summed E-state index contributed by atoms with van der Waals surface area (Å²) in [5.41, 5.74) is 4.05. The zero-order chi connectivity index (χ0) is 17.8. The molecule has 0 saturated heterocycles. The minimum Gasteiger partial charge on any atom is -0.451 e. The third-order valence-corrected chi connectivity index (χ3v) is 4.47. The molecule has 0 aliphatic heterocycles. The van der Waals surface area contributed by atoms with Crippen molar-refractivity contribution >= 4 is 22.6 Å². The summed E-state index contributed by atoms with van der Waals surface area (Å²) in [4.78, 5) is 14.7. The Kier molecular flexibility index (Phi) is 5.08. The first-order chi connectivity index (χ1) is 12.1. The third kappa shape index (κ3) is 3.68. The monoisotopic (exact) mass is 336 g/mol. The van der Waals surface area contributed by atoms with Gasteiger partial charge < -0.3 is 14.6 Å². The molecule has 4 nitrogen and oxygen atoms in total. The summed E-state index contributed by atoms with van der Waals surface area (Å²) >= 11 is 0. The number of benzene rings is 2. The Morgan fingerprint density at radius 2 is 1.92 bits per heavy atom. The summed E-state index contributed by atoms with van der Waals surface area (Å²) in [7, 11) is 0. The first kappa shape index (κ1) is 17.1. The van der Waals surface area contributed by atoms with Crippen molar-refractivity contribution in [1.29, 1.82) is 0 Å². The van der Waals surface area contributed by atoms with E-state index in [1.165, 1.54) is 11.3 Å². The van der Waals surface area contributed by atoms with E-state index in [2.05, 4.69) is 48.3 Å². The van der Waals surface area contributed by atoms with Gasteiger partial charge in [-0.25, -0.2) is 0 Å². The second-order valence-electron chi connectivity index (χ2n) is 6.23. The smallest absolute Gasteiger partial charge is 0.287 e. The Morgan fingerprint density at radius 1 is 1.12 bits per heavy atom. The molecule has 0 saturated carbocycles. The number of hydrogen-bond acceptors (Lipinski definition) is 3. The first-order valence-electron chi connectivity index (χ1n) is 8.68. The van der Waals surface area contributed by atoms with E-state index in [-0.39, 0.29) is 5.91 Å². The lowest BCUT2D eigenvalue weighted by molar-refractivity contribution is 0.0928. The average Bonchev–Trinajstić information content (AvgIpc) is 2.96. The number of carbonyl (C=O) groups excluding carboxylic acids is 1. The second-order valence-corrected chi connectivity index (χ2v) is 6.23. The molecule has 2 aromatic carbocycles. The number of nitrogens with zero attached hydrogens (tertiary/aromatic N) is 1. The highest BCUT2D eigenvalue weighted by atomic mass is 16.3. The Bertz CT molecular complexity index is 882. The van der Waals surface area contributed by atoms with Crippen LogP contribution in [-0.2, 0) is 0 Å². The maximum absolute atomic E-state index is 12.5. The number of rotatable bonds is 6. The number of carbonyl (C=O) groups is 1. The molecule has 3 aromatic rings. The molecule has 0 unspecified atom stereocenters. The third-order valence-electron chi connectivity index (χ3n) is 4.47. The number of fused-ring (bicyclic) bond motifs is 1. The van der Waals surface area contributed by atoms with Gasteiger partial charge in [-0.2, -0.15) is 0 Å². The Balaban J connectivity index is 1.64. The van der Waals surface area contributed by atoms with Crippen LogP contribution in [0.1, 0.15) is 28.6 Å². The van der Waals surface area contributed by atoms with E-state index in [0.717, 1.165) is 29.6 Å². The minimum absolute atomic E-state index is 0.158. The van der Waals surface area contributed by atoms with Gasteiger partial charge >= 0.3 is 0 Å². The molecule has 0 radical (unpaired) electrons. The van der Waals surface area contributed by atoms with Gasteiger partial charge in [0.05, 0.1) is 0 Å². The molecule has 1 amide bonds. The molecule has 0 spiro atoms. The fourth-order valence-corrected chi connectivity index (χ4v) is 3.07. The van der Waals surface area contributed by atoms with Crippen LogP contribution in [0.5, 0.6) is 0 Å². The Morgan fingerprint density at radius 3 is 2.64 bits per heavy atom. The fraction of sp³-hybridized carbons (Fsp3) is 0.286. The lowest BCUT2D eigenvalue weighted by Gasteiger charge is -2.23. The molecule has 1 aromatic heterocycles. The Labute approximate surface area is 148 Å². The molecule has 130 valence electrons. The van der Waals surface area contributed by atoms with Crippen LogP contribution in [0.3, 0.4) is 0 Å². The highest BCUT2D eigenvalue weighted by Crippen LogP contribution is 2.24. The highest BCUT2D eigenvalue weighted by molar-refractivity contribution is 5.98. The fourth-order valence-electron chi connectivity index (χ4n) is 3.07. The van der Waals surface area contributed by atoms with Crippen LogP contribution < -0.4 is 10.2 Å². The minimum atomic E-state index is -0.158. The molecule has 0 aliphatic carbocycles. The van der Waals surface area contributed by atoms with Crippen LogP contribution >= 0.6 is 0 Å². The van der Waals surface area contributed by atoms with Crippen LogP contribution in [-0.4, -0.2) is 25.5 Å². The highest BCUT2D eigenvalue weighted by Gasteiger charge is 2.17. The van der Waals surface area contributed by atoms with E-state index in [1.807, 2.05) is 31.2 Å². The van der Waals surface area contributed by atoms with Gasteiger partial charge in [-0.3, -0.25) is 4.79 Å². The van der Waals surface area contributed by atoms with E-state index < -0.39 is 0 Å². The number of nitrogens with one attached hydrogen (secondary N) is 1. The molecule has 25 heavy (non-hydrogen) atoms. The molecule has 0 bridgehead atoms. The van der Waals surface area contributed by atoms with E-state index in [1.54, 1.807) is 0 Å². The first-order valence-corrected chi connectivity index (χ1v) is 8.68. The van der Waals surface area contributed by atoms with Crippen molar-refractivity contribution in [2.45, 2.75) is 20.8 Å². The zero-order valence-corrected chi connectivity index (χ0v) is 15.0. The molecule has 1 heterocycles. The normalized spacial score (nSPS) is 10.8. The summed E-state index contributed by atoms with van der Waals surface area (Å²) in [6.07, 6.45) is 0. The maximum atomic E-state index is 12.5. The lowest BCUT2D eigenvalue weighted by Crippen LogP contribution is -2.35. The van der Waals surface area contributed by atoms with Crippen LogP contribution in [0.4, 0.5) is 5.69 Å². The quantitative estimate of drug-likeness (QED) is 0.730. The van der Waals surface area contributed by atoms with Gasteiger partial charge in [-0.15, -0.1) is 0 Å². The average molecular weight is 336 g/mol. The van der Waals surface area contributed by atoms with Gasteiger partial charge in [0.25, 0.3) is 5.91 Å². The number of para-hydroxylation sites is 1. The second kappa shape index (κ2) is 7.43. The van der Waals surface area contributed by atoms with E-state index in [9.17, 15) is 4.79 Å². The lowest BCUT2D eigenvalue weighted by atomic mass is 10.1. The molecular weight excluding hydrogens is 312 g/mol. The summed E-state index contributed by atoms with van der Waals surface area (Å²) in [6, 6.07) is 16.1. The van der Waals surface area contributed by atoms with Crippen molar-refractivity contribution < 1.29 is 9.21 Å². The number of hydrogen-bond donors (Lipinski definition) is 1. The molecule has 3 rings (SSSR count). The SMILES string of the molecule is CCN(CCNC(=O)c1oc2ccccc2c1C)c1cccc(C)c1. The van der Waals surface area contributed by atoms with Gasteiger partial charge in [0.15, 0.2) is 5.76 Å². The number of aryl methyl sites for hydroxylation is 2. The molecule has 0 fully saturated rings. The van der Waals surface area contributed by atoms with E-state index >= 15 is 0 Å². The number of furan rings is 1. The number of anilines is 1. The predicted octanol–water partition coefficient (Wildman–Crippen LogP) is 4.31. The summed E-state index contributed by atoms with van der Waals surface area (Å²) in [5, 5.41) is 3.96.